The Bertz CT molecular complexity index is 1010. The van der Waals surface area contributed by atoms with E-state index in [4.69, 9.17) is 0 Å². The van der Waals surface area contributed by atoms with Crippen molar-refractivity contribution in [2.45, 2.75) is 19.9 Å². The van der Waals surface area contributed by atoms with Gasteiger partial charge in [-0.3, -0.25) is 9.69 Å². The van der Waals surface area contributed by atoms with E-state index in [1.54, 1.807) is 17.0 Å². The minimum atomic E-state index is -3.71. The molecule has 2 aromatic carbocycles. The lowest BCUT2D eigenvalue weighted by Gasteiger charge is -2.22. The molecular formula is C23H28FN3O3S. The van der Waals surface area contributed by atoms with Gasteiger partial charge < -0.3 is 4.90 Å². The van der Waals surface area contributed by atoms with Gasteiger partial charge in [0.25, 0.3) is 0 Å². The maximum Gasteiger partial charge on any atom is 0.237 e. The first-order valence-corrected chi connectivity index (χ1v) is 11.8. The van der Waals surface area contributed by atoms with Gasteiger partial charge in [-0.15, -0.1) is 0 Å². The highest BCUT2D eigenvalue weighted by atomic mass is 32.2. The number of halogens is 1. The van der Waals surface area contributed by atoms with Crippen LogP contribution in [0.3, 0.4) is 0 Å². The zero-order chi connectivity index (χ0) is 22.3. The van der Waals surface area contributed by atoms with Gasteiger partial charge in [-0.05, 0) is 42.7 Å². The minimum absolute atomic E-state index is 0.240. The largest absolute Gasteiger partial charge is 0.340 e. The third-order valence-electron chi connectivity index (χ3n) is 5.20. The van der Waals surface area contributed by atoms with Gasteiger partial charge in [0, 0.05) is 38.1 Å². The van der Waals surface area contributed by atoms with Gasteiger partial charge >= 0.3 is 0 Å². The van der Waals surface area contributed by atoms with E-state index >= 15 is 0 Å². The molecule has 0 aliphatic carbocycles. The van der Waals surface area contributed by atoms with Crippen LogP contribution in [0.1, 0.15) is 23.1 Å². The summed E-state index contributed by atoms with van der Waals surface area (Å²) in [5.41, 5.74) is 2.89. The van der Waals surface area contributed by atoms with Crippen LogP contribution in [0.25, 0.3) is 6.08 Å². The number of rotatable bonds is 7. The first kappa shape index (κ1) is 23.1. The zero-order valence-corrected chi connectivity index (χ0v) is 18.4. The Hall–Kier alpha value is -2.55. The maximum atomic E-state index is 13.1. The van der Waals surface area contributed by atoms with Crippen LogP contribution in [-0.4, -0.2) is 56.8 Å². The Morgan fingerprint density at radius 3 is 2.45 bits per heavy atom. The van der Waals surface area contributed by atoms with Crippen molar-refractivity contribution in [3.05, 3.63) is 76.4 Å². The van der Waals surface area contributed by atoms with E-state index in [9.17, 15) is 17.6 Å². The third-order valence-corrected chi connectivity index (χ3v) is 6.24. The van der Waals surface area contributed by atoms with Gasteiger partial charge in [-0.2, -0.15) is 0 Å². The topological polar surface area (TPSA) is 69.7 Å². The lowest BCUT2D eigenvalue weighted by atomic mass is 10.2. The Morgan fingerprint density at radius 1 is 1.03 bits per heavy atom. The highest BCUT2D eigenvalue weighted by Gasteiger charge is 2.20. The molecule has 1 aliphatic heterocycles. The molecule has 1 heterocycles. The molecular weight excluding hydrogens is 417 g/mol. The number of benzene rings is 2. The van der Waals surface area contributed by atoms with Gasteiger partial charge in [0.15, 0.2) is 0 Å². The van der Waals surface area contributed by atoms with Crippen molar-refractivity contribution in [1.29, 1.82) is 0 Å². The van der Waals surface area contributed by atoms with Crippen LogP contribution in [0.2, 0.25) is 0 Å². The number of carbonyl (C=O) groups excluding carboxylic acids is 1. The van der Waals surface area contributed by atoms with E-state index < -0.39 is 10.0 Å². The predicted molar refractivity (Wildman–Crippen MR) is 120 cm³/mol. The highest BCUT2D eigenvalue weighted by Crippen LogP contribution is 2.11. The number of hydrogen-bond acceptors (Lipinski definition) is 4. The molecule has 1 aliphatic rings. The molecule has 1 amide bonds. The first-order chi connectivity index (χ1) is 14.8. The number of sulfonamides is 1. The summed E-state index contributed by atoms with van der Waals surface area (Å²) in [6.45, 7) is 5.01. The fourth-order valence-corrected chi connectivity index (χ4v) is 4.15. The molecule has 0 saturated carbocycles. The Kier molecular flexibility index (Phi) is 7.95. The monoisotopic (exact) mass is 445 g/mol. The summed E-state index contributed by atoms with van der Waals surface area (Å²) in [5.74, 6) is -0.497. The first-order valence-electron chi connectivity index (χ1n) is 10.3. The van der Waals surface area contributed by atoms with E-state index in [1.165, 1.54) is 18.2 Å². The molecule has 0 unspecified atom stereocenters. The van der Waals surface area contributed by atoms with Crippen LogP contribution in [0.4, 0.5) is 4.39 Å². The van der Waals surface area contributed by atoms with Crippen molar-refractivity contribution in [3.63, 3.8) is 0 Å². The third kappa shape index (κ3) is 7.57. The smallest absolute Gasteiger partial charge is 0.237 e. The molecule has 0 aromatic heterocycles. The molecule has 0 atom stereocenters. The molecule has 0 spiro atoms. The average molecular weight is 446 g/mol. The molecule has 6 nitrogen and oxygen atoms in total. The van der Waals surface area contributed by atoms with Crippen molar-refractivity contribution >= 4 is 22.0 Å². The maximum absolute atomic E-state index is 13.1. The van der Waals surface area contributed by atoms with E-state index in [0.717, 1.165) is 35.1 Å². The quantitative estimate of drug-likeness (QED) is 0.712. The van der Waals surface area contributed by atoms with Crippen LogP contribution in [0.5, 0.6) is 0 Å². The minimum Gasteiger partial charge on any atom is -0.340 e. The molecule has 2 aromatic rings. The highest BCUT2D eigenvalue weighted by molar-refractivity contribution is 7.92. The lowest BCUT2D eigenvalue weighted by molar-refractivity contribution is -0.129. The van der Waals surface area contributed by atoms with Crippen LogP contribution < -0.4 is 4.72 Å². The van der Waals surface area contributed by atoms with Gasteiger partial charge in [0.1, 0.15) is 5.82 Å². The van der Waals surface area contributed by atoms with Gasteiger partial charge in [0.2, 0.25) is 15.9 Å². The standard InChI is InChI=1S/C23H28FN3O3S/c1-19-3-5-20(6-4-19)11-16-31(29,30)25-17-23(28)27-13-2-12-26(14-15-27)18-21-7-9-22(24)10-8-21/h3-11,16,25H,2,12-15,17-18H2,1H3. The summed E-state index contributed by atoms with van der Waals surface area (Å²) in [5, 5.41) is 1.08. The lowest BCUT2D eigenvalue weighted by Crippen LogP contribution is -2.41. The van der Waals surface area contributed by atoms with Gasteiger partial charge in [-0.25, -0.2) is 17.5 Å². The van der Waals surface area contributed by atoms with Gasteiger partial charge in [0.05, 0.1) is 6.54 Å². The van der Waals surface area contributed by atoms with Crippen molar-refractivity contribution in [1.82, 2.24) is 14.5 Å². The fourth-order valence-electron chi connectivity index (χ4n) is 3.39. The van der Waals surface area contributed by atoms with Crippen molar-refractivity contribution in [2.24, 2.45) is 0 Å². The van der Waals surface area contributed by atoms with E-state index in [0.29, 0.717) is 26.2 Å². The summed E-state index contributed by atoms with van der Waals surface area (Å²) >= 11 is 0. The van der Waals surface area contributed by atoms with E-state index in [2.05, 4.69) is 9.62 Å². The van der Waals surface area contributed by atoms with E-state index in [-0.39, 0.29) is 18.3 Å². The van der Waals surface area contributed by atoms with Crippen molar-refractivity contribution in [3.8, 4) is 0 Å². The Labute approximate surface area is 183 Å². The number of amides is 1. The van der Waals surface area contributed by atoms with E-state index in [1.807, 2.05) is 31.2 Å². The molecule has 166 valence electrons. The molecule has 1 saturated heterocycles. The second-order valence-electron chi connectivity index (χ2n) is 7.72. The fraction of sp³-hybridized carbons (Fsp3) is 0.348. The van der Waals surface area contributed by atoms with Crippen LogP contribution in [0.15, 0.2) is 53.9 Å². The Balaban J connectivity index is 1.47. The molecule has 3 rings (SSSR count). The number of hydrogen-bond donors (Lipinski definition) is 1. The normalized spacial score (nSPS) is 15.9. The number of carbonyl (C=O) groups is 1. The molecule has 31 heavy (non-hydrogen) atoms. The number of aryl methyl sites for hydroxylation is 1. The van der Waals surface area contributed by atoms with Crippen molar-refractivity contribution in [2.75, 3.05) is 32.7 Å². The van der Waals surface area contributed by atoms with Crippen LogP contribution in [0, 0.1) is 12.7 Å². The number of nitrogens with one attached hydrogen (secondary N) is 1. The Morgan fingerprint density at radius 2 is 1.74 bits per heavy atom. The second kappa shape index (κ2) is 10.7. The second-order valence-corrected chi connectivity index (χ2v) is 9.37. The van der Waals surface area contributed by atoms with Crippen LogP contribution in [-0.2, 0) is 21.4 Å². The summed E-state index contributed by atoms with van der Waals surface area (Å²) < 4.78 is 39.8. The molecule has 1 fully saturated rings. The average Bonchev–Trinajstić information content (AvgIpc) is 2.99. The molecule has 0 bridgehead atoms. The zero-order valence-electron chi connectivity index (χ0n) is 17.6. The van der Waals surface area contributed by atoms with Crippen molar-refractivity contribution < 1.29 is 17.6 Å². The molecule has 8 heteroatoms. The van der Waals surface area contributed by atoms with Crippen LogP contribution >= 0.6 is 0 Å². The number of nitrogens with zero attached hydrogens (tertiary/aromatic N) is 2. The summed E-state index contributed by atoms with van der Waals surface area (Å²) in [4.78, 5) is 16.4. The molecule has 0 radical (unpaired) electrons. The summed E-state index contributed by atoms with van der Waals surface area (Å²) in [6, 6.07) is 13.9. The summed E-state index contributed by atoms with van der Waals surface area (Å²) in [7, 11) is -3.71. The molecule has 1 N–H and O–H groups in total. The SMILES string of the molecule is Cc1ccc(C=CS(=O)(=O)NCC(=O)N2CCCN(Cc3ccc(F)cc3)CC2)cc1. The summed E-state index contributed by atoms with van der Waals surface area (Å²) in [6.07, 6.45) is 2.30. The van der Waals surface area contributed by atoms with Gasteiger partial charge in [-0.1, -0.05) is 42.0 Å². The predicted octanol–water partition coefficient (Wildman–Crippen LogP) is 2.76.